The van der Waals surface area contributed by atoms with E-state index in [-0.39, 0.29) is 29.1 Å². The normalized spacial score (nSPS) is 30.8. The molecule has 1 heterocycles. The second-order valence-electron chi connectivity index (χ2n) is 5.92. The van der Waals surface area contributed by atoms with Crippen molar-refractivity contribution in [1.82, 2.24) is 4.90 Å². The third kappa shape index (κ3) is 1.33. The Labute approximate surface area is 103 Å². The highest BCUT2D eigenvalue weighted by Gasteiger charge is 2.74. The van der Waals surface area contributed by atoms with E-state index in [2.05, 4.69) is 0 Å². The summed E-state index contributed by atoms with van der Waals surface area (Å²) in [6.07, 6.45) is 1.47. The van der Waals surface area contributed by atoms with Gasteiger partial charge in [-0.3, -0.25) is 14.5 Å². The van der Waals surface area contributed by atoms with Gasteiger partial charge in [0.25, 0.3) is 0 Å². The van der Waals surface area contributed by atoms with Crippen LogP contribution in [0.25, 0.3) is 0 Å². The van der Waals surface area contributed by atoms with Gasteiger partial charge in [0.15, 0.2) is 0 Å². The van der Waals surface area contributed by atoms with E-state index in [1.807, 2.05) is 27.7 Å². The minimum Gasteiger partial charge on any atom is -0.328 e. The summed E-state index contributed by atoms with van der Waals surface area (Å²) in [6.45, 7) is 8.34. The fraction of sp³-hybridized carbons (Fsp3) is 0.846. The number of carbonyl (C=O) groups excluding carboxylic acids is 2. The molecule has 96 valence electrons. The quantitative estimate of drug-likeness (QED) is 0.747. The predicted molar refractivity (Wildman–Crippen MR) is 65.0 cm³/mol. The number of likely N-dealkylation sites (tertiary alicyclic amines) is 1. The summed E-state index contributed by atoms with van der Waals surface area (Å²) in [5, 5.41) is 0. The number of imide groups is 1. The van der Waals surface area contributed by atoms with Crippen molar-refractivity contribution in [3.8, 4) is 0 Å². The molecule has 1 saturated carbocycles. The molecule has 2 amide bonds. The third-order valence-corrected chi connectivity index (χ3v) is 4.97. The van der Waals surface area contributed by atoms with Crippen LogP contribution >= 0.6 is 0 Å². The van der Waals surface area contributed by atoms with E-state index in [0.717, 1.165) is 12.8 Å². The van der Waals surface area contributed by atoms with Crippen molar-refractivity contribution >= 4 is 11.8 Å². The average molecular weight is 238 g/mol. The largest absolute Gasteiger partial charge is 0.328 e. The van der Waals surface area contributed by atoms with Crippen molar-refractivity contribution in [3.63, 3.8) is 0 Å². The van der Waals surface area contributed by atoms with Gasteiger partial charge in [0.2, 0.25) is 11.8 Å². The lowest BCUT2D eigenvalue weighted by atomic mass is 9.89. The monoisotopic (exact) mass is 238 g/mol. The number of nitrogens with two attached hydrogens (primary N) is 1. The fourth-order valence-corrected chi connectivity index (χ4v) is 3.36. The van der Waals surface area contributed by atoms with Crippen molar-refractivity contribution in [2.45, 2.75) is 46.1 Å². The van der Waals surface area contributed by atoms with Gasteiger partial charge in [-0.15, -0.1) is 0 Å². The van der Waals surface area contributed by atoms with E-state index < -0.39 is 5.54 Å². The molecule has 2 unspecified atom stereocenters. The average Bonchev–Trinajstić information content (AvgIpc) is 2.75. The Bertz CT molecular complexity index is 339. The van der Waals surface area contributed by atoms with Gasteiger partial charge in [-0.25, -0.2) is 0 Å². The molecule has 2 fully saturated rings. The zero-order valence-electron chi connectivity index (χ0n) is 11.1. The Morgan fingerprint density at radius 3 is 1.88 bits per heavy atom. The molecule has 2 N–H and O–H groups in total. The maximum atomic E-state index is 12.3. The van der Waals surface area contributed by atoms with Crippen molar-refractivity contribution in [2.75, 3.05) is 6.54 Å². The third-order valence-electron chi connectivity index (χ3n) is 4.97. The van der Waals surface area contributed by atoms with Crippen molar-refractivity contribution < 1.29 is 9.59 Å². The molecule has 0 bridgehead atoms. The number of fused-ring (bicyclic) bond motifs is 1. The molecule has 2 atom stereocenters. The summed E-state index contributed by atoms with van der Waals surface area (Å²) >= 11 is 0. The van der Waals surface area contributed by atoms with Crippen LogP contribution in [0, 0.1) is 17.3 Å². The minimum absolute atomic E-state index is 0.000787. The summed E-state index contributed by atoms with van der Waals surface area (Å²) in [4.78, 5) is 26.2. The molecule has 1 aliphatic carbocycles. The van der Waals surface area contributed by atoms with E-state index in [1.54, 1.807) is 0 Å². The van der Waals surface area contributed by atoms with Crippen LogP contribution in [0.3, 0.4) is 0 Å². The highest BCUT2D eigenvalue weighted by atomic mass is 16.2. The molecule has 4 nitrogen and oxygen atoms in total. The van der Waals surface area contributed by atoms with Gasteiger partial charge in [-0.05, 0) is 18.3 Å². The van der Waals surface area contributed by atoms with Crippen LogP contribution in [-0.4, -0.2) is 28.8 Å². The van der Waals surface area contributed by atoms with Crippen LogP contribution in [0.5, 0.6) is 0 Å². The molecule has 1 saturated heterocycles. The van der Waals surface area contributed by atoms with Gasteiger partial charge >= 0.3 is 0 Å². The highest BCUT2D eigenvalue weighted by Crippen LogP contribution is 2.64. The molecule has 4 heteroatoms. The predicted octanol–water partition coefficient (Wildman–Crippen LogP) is 1.14. The summed E-state index contributed by atoms with van der Waals surface area (Å²) < 4.78 is 0. The number of piperidine rings is 1. The Kier molecular flexibility index (Phi) is 2.62. The first kappa shape index (κ1) is 12.6. The van der Waals surface area contributed by atoms with Crippen LogP contribution in [0.15, 0.2) is 0 Å². The zero-order valence-corrected chi connectivity index (χ0v) is 11.1. The Balaban J connectivity index is 2.32. The van der Waals surface area contributed by atoms with E-state index >= 15 is 0 Å². The number of amides is 2. The number of rotatable bonds is 4. The van der Waals surface area contributed by atoms with Crippen LogP contribution in [0.4, 0.5) is 0 Å². The van der Waals surface area contributed by atoms with Gasteiger partial charge in [0.1, 0.15) is 0 Å². The molecule has 2 rings (SSSR count). The summed E-state index contributed by atoms with van der Waals surface area (Å²) in [7, 11) is 0. The Hall–Kier alpha value is -0.900. The lowest BCUT2D eigenvalue weighted by Gasteiger charge is -2.40. The summed E-state index contributed by atoms with van der Waals surface area (Å²) in [5.41, 5.74) is 5.22. The first-order valence-electron chi connectivity index (χ1n) is 6.45. The molecular formula is C13H22N2O2. The standard InChI is InChI=1S/C13H22N2O2/c1-5-13(6-2,7-14)15-10(16)8-9(11(15)17)12(8,3)4/h8-9H,5-7,14H2,1-4H3. The van der Waals surface area contributed by atoms with Gasteiger partial charge in [0, 0.05) is 6.54 Å². The second-order valence-corrected chi connectivity index (χ2v) is 5.92. The molecule has 0 spiro atoms. The van der Waals surface area contributed by atoms with Crippen LogP contribution in [0.2, 0.25) is 0 Å². The number of nitrogens with zero attached hydrogens (tertiary/aromatic N) is 1. The summed E-state index contributed by atoms with van der Waals surface area (Å²) in [6, 6.07) is 0. The molecule has 0 aromatic carbocycles. The number of hydrogen-bond acceptors (Lipinski definition) is 3. The second kappa shape index (κ2) is 3.55. The van der Waals surface area contributed by atoms with Gasteiger partial charge in [-0.1, -0.05) is 27.7 Å². The minimum atomic E-state index is -0.461. The maximum Gasteiger partial charge on any atom is 0.234 e. The van der Waals surface area contributed by atoms with E-state index in [4.69, 9.17) is 5.73 Å². The molecule has 0 aromatic rings. The lowest BCUT2D eigenvalue weighted by molar-refractivity contribution is -0.150. The van der Waals surface area contributed by atoms with Gasteiger partial charge in [-0.2, -0.15) is 0 Å². The summed E-state index contributed by atoms with van der Waals surface area (Å²) in [5.74, 6) is -0.198. The first-order valence-corrected chi connectivity index (χ1v) is 6.45. The van der Waals surface area contributed by atoms with Crippen LogP contribution in [-0.2, 0) is 9.59 Å². The Morgan fingerprint density at radius 2 is 1.59 bits per heavy atom. The van der Waals surface area contributed by atoms with Crippen molar-refractivity contribution in [3.05, 3.63) is 0 Å². The van der Waals surface area contributed by atoms with E-state index in [9.17, 15) is 9.59 Å². The molecule has 0 radical (unpaired) electrons. The SMILES string of the molecule is CCC(CC)(CN)N1C(=O)C2C(C1=O)C2(C)C. The zero-order chi connectivity index (χ0) is 13.0. The van der Waals surface area contributed by atoms with Crippen LogP contribution < -0.4 is 5.73 Å². The van der Waals surface area contributed by atoms with Gasteiger partial charge < -0.3 is 5.73 Å². The molecule has 0 aromatic heterocycles. The molecular weight excluding hydrogens is 216 g/mol. The van der Waals surface area contributed by atoms with Crippen molar-refractivity contribution in [2.24, 2.45) is 23.0 Å². The number of hydrogen-bond donors (Lipinski definition) is 1. The smallest absolute Gasteiger partial charge is 0.234 e. The highest BCUT2D eigenvalue weighted by molar-refractivity contribution is 6.11. The van der Waals surface area contributed by atoms with Gasteiger partial charge in [0.05, 0.1) is 17.4 Å². The van der Waals surface area contributed by atoms with E-state index in [0.29, 0.717) is 6.54 Å². The van der Waals surface area contributed by atoms with Crippen LogP contribution in [0.1, 0.15) is 40.5 Å². The topological polar surface area (TPSA) is 63.4 Å². The maximum absolute atomic E-state index is 12.3. The number of carbonyl (C=O) groups is 2. The Morgan fingerprint density at radius 1 is 1.18 bits per heavy atom. The molecule has 17 heavy (non-hydrogen) atoms. The molecule has 1 aliphatic heterocycles. The molecule has 2 aliphatic rings. The fourth-order valence-electron chi connectivity index (χ4n) is 3.36. The lowest BCUT2D eigenvalue weighted by Crippen LogP contribution is -2.57. The van der Waals surface area contributed by atoms with Crippen molar-refractivity contribution in [1.29, 1.82) is 0 Å². The van der Waals surface area contributed by atoms with E-state index in [1.165, 1.54) is 4.90 Å². The first-order chi connectivity index (χ1) is 7.87.